The number of carbonyl (C=O) groups excluding carboxylic acids is 1. The molecule has 110 valence electrons. The molecular weight excluding hydrogens is 286 g/mol. The molecule has 0 atom stereocenters. The highest BCUT2D eigenvalue weighted by molar-refractivity contribution is 6.30. The third-order valence-electron chi connectivity index (χ3n) is 3.06. The Morgan fingerprint density at radius 1 is 1.14 bits per heavy atom. The van der Waals surface area contributed by atoms with Gasteiger partial charge in [0.1, 0.15) is 5.75 Å². The summed E-state index contributed by atoms with van der Waals surface area (Å²) in [4.78, 5) is 11.8. The van der Waals surface area contributed by atoms with Gasteiger partial charge in [-0.2, -0.15) is 0 Å². The highest BCUT2D eigenvalue weighted by Crippen LogP contribution is 2.19. The zero-order valence-electron chi connectivity index (χ0n) is 12.2. The minimum absolute atomic E-state index is 0.0809. The average molecular weight is 304 g/mol. The summed E-state index contributed by atoms with van der Waals surface area (Å²) in [6.45, 7) is 4.35. The van der Waals surface area contributed by atoms with Crippen molar-refractivity contribution >= 4 is 23.2 Å². The number of anilines is 1. The van der Waals surface area contributed by atoms with E-state index in [1.807, 2.05) is 32.0 Å². The van der Waals surface area contributed by atoms with Crippen LogP contribution in [0.25, 0.3) is 0 Å². The lowest BCUT2D eigenvalue weighted by Gasteiger charge is -2.10. The fourth-order valence-corrected chi connectivity index (χ4v) is 2.00. The number of nitrogens with one attached hydrogen (secondary N) is 1. The molecule has 0 fully saturated rings. The monoisotopic (exact) mass is 303 g/mol. The van der Waals surface area contributed by atoms with Gasteiger partial charge < -0.3 is 10.1 Å². The van der Waals surface area contributed by atoms with Gasteiger partial charge in [0.25, 0.3) is 0 Å². The van der Waals surface area contributed by atoms with Gasteiger partial charge in [0.2, 0.25) is 5.91 Å². The number of rotatable bonds is 5. The largest absolute Gasteiger partial charge is 0.493 e. The summed E-state index contributed by atoms with van der Waals surface area (Å²) >= 11 is 5.79. The van der Waals surface area contributed by atoms with Crippen LogP contribution in [0.3, 0.4) is 0 Å². The van der Waals surface area contributed by atoms with Crippen molar-refractivity contribution in [3.05, 3.63) is 58.6 Å². The molecule has 0 bridgehead atoms. The van der Waals surface area contributed by atoms with Gasteiger partial charge in [-0.05, 0) is 55.3 Å². The molecule has 0 saturated heterocycles. The van der Waals surface area contributed by atoms with Crippen molar-refractivity contribution in [3.63, 3.8) is 0 Å². The molecule has 21 heavy (non-hydrogen) atoms. The van der Waals surface area contributed by atoms with E-state index in [0.717, 1.165) is 22.6 Å². The molecule has 3 nitrogen and oxygen atoms in total. The molecule has 0 radical (unpaired) electrons. The Morgan fingerprint density at radius 3 is 2.57 bits per heavy atom. The molecule has 0 heterocycles. The molecule has 0 aliphatic heterocycles. The summed E-state index contributed by atoms with van der Waals surface area (Å²) in [5.41, 5.74) is 2.94. The Labute approximate surface area is 129 Å². The number of aryl methyl sites for hydroxylation is 2. The second-order valence-electron chi connectivity index (χ2n) is 4.92. The van der Waals surface area contributed by atoms with Crippen LogP contribution < -0.4 is 10.1 Å². The summed E-state index contributed by atoms with van der Waals surface area (Å²) in [5.74, 6) is 0.747. The first-order chi connectivity index (χ1) is 10.0. The van der Waals surface area contributed by atoms with E-state index in [-0.39, 0.29) is 5.91 Å². The quantitative estimate of drug-likeness (QED) is 0.891. The SMILES string of the molecule is Cc1ccc(C)c(OCCC(=O)Nc2ccc(Cl)cc2)c1. The zero-order valence-corrected chi connectivity index (χ0v) is 12.9. The molecule has 0 aliphatic carbocycles. The van der Waals surface area contributed by atoms with E-state index in [0.29, 0.717) is 18.1 Å². The number of hydrogen-bond donors (Lipinski definition) is 1. The van der Waals surface area contributed by atoms with Gasteiger partial charge >= 0.3 is 0 Å². The summed E-state index contributed by atoms with van der Waals surface area (Å²) in [7, 11) is 0. The molecule has 0 saturated carbocycles. The van der Waals surface area contributed by atoms with E-state index in [1.165, 1.54) is 0 Å². The highest BCUT2D eigenvalue weighted by Gasteiger charge is 2.05. The first kappa shape index (κ1) is 15.4. The molecule has 2 rings (SSSR count). The number of halogens is 1. The van der Waals surface area contributed by atoms with Gasteiger partial charge in [0.05, 0.1) is 13.0 Å². The lowest BCUT2D eigenvalue weighted by Crippen LogP contribution is -2.15. The van der Waals surface area contributed by atoms with Crippen LogP contribution in [-0.2, 0) is 4.79 Å². The van der Waals surface area contributed by atoms with Crippen LogP contribution in [0.15, 0.2) is 42.5 Å². The Bertz CT molecular complexity index is 623. The molecule has 1 amide bonds. The van der Waals surface area contributed by atoms with E-state index >= 15 is 0 Å². The summed E-state index contributed by atoms with van der Waals surface area (Å²) in [6, 6.07) is 13.0. The summed E-state index contributed by atoms with van der Waals surface area (Å²) in [6.07, 6.45) is 0.302. The topological polar surface area (TPSA) is 38.3 Å². The van der Waals surface area contributed by atoms with Crippen LogP contribution in [0.2, 0.25) is 5.02 Å². The third kappa shape index (κ3) is 4.80. The Hall–Kier alpha value is -2.00. The first-order valence-corrected chi connectivity index (χ1v) is 7.18. The fourth-order valence-electron chi connectivity index (χ4n) is 1.87. The maximum atomic E-state index is 11.8. The maximum absolute atomic E-state index is 11.8. The van der Waals surface area contributed by atoms with Crippen LogP contribution >= 0.6 is 11.6 Å². The third-order valence-corrected chi connectivity index (χ3v) is 3.31. The standard InChI is InChI=1S/C17H18ClNO2/c1-12-3-4-13(2)16(11-12)21-10-9-17(20)19-15-7-5-14(18)6-8-15/h3-8,11H,9-10H2,1-2H3,(H,19,20). The highest BCUT2D eigenvalue weighted by atomic mass is 35.5. The first-order valence-electron chi connectivity index (χ1n) is 6.80. The van der Waals surface area contributed by atoms with E-state index < -0.39 is 0 Å². The average Bonchev–Trinajstić information content (AvgIpc) is 2.45. The van der Waals surface area contributed by atoms with E-state index in [4.69, 9.17) is 16.3 Å². The second kappa shape index (κ2) is 7.14. The van der Waals surface area contributed by atoms with E-state index in [1.54, 1.807) is 24.3 Å². The molecule has 2 aromatic carbocycles. The zero-order chi connectivity index (χ0) is 15.2. The summed E-state index contributed by atoms with van der Waals surface area (Å²) in [5, 5.41) is 3.45. The van der Waals surface area contributed by atoms with Crippen molar-refractivity contribution in [2.75, 3.05) is 11.9 Å². The molecule has 0 spiro atoms. The van der Waals surface area contributed by atoms with Gasteiger partial charge in [-0.3, -0.25) is 4.79 Å². The number of benzene rings is 2. The smallest absolute Gasteiger partial charge is 0.227 e. The number of ether oxygens (including phenoxy) is 1. The normalized spacial score (nSPS) is 10.2. The van der Waals surface area contributed by atoms with Gasteiger partial charge in [0, 0.05) is 10.7 Å². The lowest BCUT2D eigenvalue weighted by atomic mass is 10.1. The van der Waals surface area contributed by atoms with Gasteiger partial charge in [0.15, 0.2) is 0 Å². The summed E-state index contributed by atoms with van der Waals surface area (Å²) < 4.78 is 5.66. The molecule has 0 aliphatic rings. The van der Waals surface area contributed by atoms with Crippen LogP contribution in [0.5, 0.6) is 5.75 Å². The van der Waals surface area contributed by atoms with E-state index in [9.17, 15) is 4.79 Å². The Kier molecular flexibility index (Phi) is 5.23. The number of amides is 1. The van der Waals surface area contributed by atoms with Crippen molar-refractivity contribution in [3.8, 4) is 5.75 Å². The molecule has 1 N–H and O–H groups in total. The van der Waals surface area contributed by atoms with Gasteiger partial charge in [-0.15, -0.1) is 0 Å². The Morgan fingerprint density at radius 2 is 1.86 bits per heavy atom. The maximum Gasteiger partial charge on any atom is 0.227 e. The van der Waals surface area contributed by atoms with Crippen molar-refractivity contribution in [2.45, 2.75) is 20.3 Å². The molecule has 0 aromatic heterocycles. The van der Waals surface area contributed by atoms with Crippen LogP contribution in [0.4, 0.5) is 5.69 Å². The van der Waals surface area contributed by atoms with Crippen LogP contribution in [0.1, 0.15) is 17.5 Å². The molecule has 4 heteroatoms. The number of carbonyl (C=O) groups is 1. The Balaban J connectivity index is 1.81. The van der Waals surface area contributed by atoms with E-state index in [2.05, 4.69) is 5.32 Å². The minimum Gasteiger partial charge on any atom is -0.493 e. The molecular formula is C17H18ClNO2. The van der Waals surface area contributed by atoms with Gasteiger partial charge in [-0.25, -0.2) is 0 Å². The van der Waals surface area contributed by atoms with Crippen LogP contribution in [-0.4, -0.2) is 12.5 Å². The fraction of sp³-hybridized carbons (Fsp3) is 0.235. The predicted molar refractivity (Wildman–Crippen MR) is 86.1 cm³/mol. The predicted octanol–water partition coefficient (Wildman–Crippen LogP) is 4.36. The van der Waals surface area contributed by atoms with Crippen molar-refractivity contribution < 1.29 is 9.53 Å². The number of hydrogen-bond acceptors (Lipinski definition) is 2. The second-order valence-corrected chi connectivity index (χ2v) is 5.36. The molecule has 0 unspecified atom stereocenters. The van der Waals surface area contributed by atoms with Gasteiger partial charge in [-0.1, -0.05) is 23.7 Å². The lowest BCUT2D eigenvalue weighted by molar-refractivity contribution is -0.116. The van der Waals surface area contributed by atoms with Crippen molar-refractivity contribution in [1.82, 2.24) is 0 Å². The minimum atomic E-state index is -0.0809. The van der Waals surface area contributed by atoms with Crippen LogP contribution in [0, 0.1) is 13.8 Å². The van der Waals surface area contributed by atoms with Crippen molar-refractivity contribution in [2.24, 2.45) is 0 Å². The molecule has 2 aromatic rings. The van der Waals surface area contributed by atoms with Crippen molar-refractivity contribution in [1.29, 1.82) is 0 Å².